The first-order valence-electron chi connectivity index (χ1n) is 6.40. The normalized spacial score (nSPS) is 16.7. The molecule has 0 aromatic heterocycles. The summed E-state index contributed by atoms with van der Waals surface area (Å²) in [6.07, 6.45) is 3.81. The standard InChI is InChI=1S/C13H27N3.HI/c1-10(2)8-13(3,4)9-15-12(14-5)16-11-6-7-11;/h10-11H,6-9H2,1-5H3,(H2,14,15,16);1H. The number of rotatable bonds is 5. The summed E-state index contributed by atoms with van der Waals surface area (Å²) in [5.74, 6) is 1.70. The first-order chi connectivity index (χ1) is 7.43. The van der Waals surface area contributed by atoms with Gasteiger partial charge < -0.3 is 10.6 Å². The van der Waals surface area contributed by atoms with E-state index in [0.29, 0.717) is 11.5 Å². The molecule has 0 spiro atoms. The van der Waals surface area contributed by atoms with E-state index in [0.717, 1.165) is 18.4 Å². The van der Waals surface area contributed by atoms with Gasteiger partial charge in [-0.1, -0.05) is 27.7 Å². The summed E-state index contributed by atoms with van der Waals surface area (Å²) in [7, 11) is 1.84. The fourth-order valence-corrected chi connectivity index (χ4v) is 2.12. The minimum absolute atomic E-state index is 0. The summed E-state index contributed by atoms with van der Waals surface area (Å²) in [5.41, 5.74) is 0.329. The molecule has 4 heteroatoms. The molecule has 0 amide bonds. The molecule has 1 saturated carbocycles. The molecule has 0 heterocycles. The molecule has 0 saturated heterocycles. The minimum atomic E-state index is 0. The van der Waals surface area contributed by atoms with Gasteiger partial charge in [0.1, 0.15) is 0 Å². The Morgan fingerprint density at radius 1 is 1.35 bits per heavy atom. The molecular formula is C13H28IN3. The Bertz CT molecular complexity index is 245. The first kappa shape index (κ1) is 17.0. The van der Waals surface area contributed by atoms with E-state index in [-0.39, 0.29) is 24.0 Å². The number of aliphatic imine (C=N–C) groups is 1. The van der Waals surface area contributed by atoms with Crippen LogP contribution in [0, 0.1) is 11.3 Å². The third-order valence-electron chi connectivity index (χ3n) is 2.84. The fourth-order valence-electron chi connectivity index (χ4n) is 2.12. The van der Waals surface area contributed by atoms with Crippen molar-refractivity contribution in [2.45, 2.75) is 53.0 Å². The third kappa shape index (κ3) is 7.84. The molecule has 1 fully saturated rings. The lowest BCUT2D eigenvalue weighted by atomic mass is 9.84. The van der Waals surface area contributed by atoms with Gasteiger partial charge in [-0.05, 0) is 30.6 Å². The van der Waals surface area contributed by atoms with Crippen molar-refractivity contribution < 1.29 is 0 Å². The lowest BCUT2D eigenvalue weighted by molar-refractivity contribution is 0.286. The Morgan fingerprint density at radius 3 is 2.35 bits per heavy atom. The Morgan fingerprint density at radius 2 is 1.94 bits per heavy atom. The Kier molecular flexibility index (Phi) is 7.44. The molecule has 1 aliphatic rings. The number of halogens is 1. The lowest BCUT2D eigenvalue weighted by Crippen LogP contribution is -2.43. The minimum Gasteiger partial charge on any atom is -0.356 e. The van der Waals surface area contributed by atoms with E-state index < -0.39 is 0 Å². The van der Waals surface area contributed by atoms with Gasteiger partial charge in [-0.15, -0.1) is 24.0 Å². The third-order valence-corrected chi connectivity index (χ3v) is 2.84. The van der Waals surface area contributed by atoms with E-state index >= 15 is 0 Å². The van der Waals surface area contributed by atoms with E-state index in [1.165, 1.54) is 19.3 Å². The number of guanidine groups is 1. The zero-order chi connectivity index (χ0) is 12.2. The predicted molar refractivity (Wildman–Crippen MR) is 86.2 cm³/mol. The quantitative estimate of drug-likeness (QED) is 0.453. The second kappa shape index (κ2) is 7.44. The van der Waals surface area contributed by atoms with Crippen LogP contribution in [0.4, 0.5) is 0 Å². The number of hydrogen-bond acceptors (Lipinski definition) is 1. The van der Waals surface area contributed by atoms with Gasteiger partial charge in [0.15, 0.2) is 5.96 Å². The fraction of sp³-hybridized carbons (Fsp3) is 0.923. The van der Waals surface area contributed by atoms with Crippen LogP contribution in [0.5, 0.6) is 0 Å². The summed E-state index contributed by atoms with van der Waals surface area (Å²) in [5, 5.41) is 6.83. The van der Waals surface area contributed by atoms with Gasteiger partial charge >= 0.3 is 0 Å². The van der Waals surface area contributed by atoms with Crippen LogP contribution in [0.1, 0.15) is 47.0 Å². The van der Waals surface area contributed by atoms with Gasteiger partial charge in [0.05, 0.1) is 0 Å². The van der Waals surface area contributed by atoms with Crippen molar-refractivity contribution in [3.05, 3.63) is 0 Å². The highest BCUT2D eigenvalue weighted by molar-refractivity contribution is 14.0. The second-order valence-corrected chi connectivity index (χ2v) is 6.11. The Labute approximate surface area is 123 Å². The highest BCUT2D eigenvalue weighted by Crippen LogP contribution is 2.24. The van der Waals surface area contributed by atoms with Crippen molar-refractivity contribution >= 4 is 29.9 Å². The molecule has 0 radical (unpaired) electrons. The molecule has 3 nitrogen and oxygen atoms in total. The van der Waals surface area contributed by atoms with E-state index in [9.17, 15) is 0 Å². The lowest BCUT2D eigenvalue weighted by Gasteiger charge is -2.27. The van der Waals surface area contributed by atoms with E-state index in [1.54, 1.807) is 0 Å². The van der Waals surface area contributed by atoms with Crippen LogP contribution < -0.4 is 10.6 Å². The molecule has 17 heavy (non-hydrogen) atoms. The molecule has 1 aliphatic carbocycles. The van der Waals surface area contributed by atoms with Crippen LogP contribution in [0.25, 0.3) is 0 Å². The van der Waals surface area contributed by atoms with Crippen LogP contribution in [0.3, 0.4) is 0 Å². The summed E-state index contributed by atoms with van der Waals surface area (Å²) >= 11 is 0. The zero-order valence-electron chi connectivity index (χ0n) is 11.8. The second-order valence-electron chi connectivity index (χ2n) is 6.11. The van der Waals surface area contributed by atoms with Gasteiger partial charge in [-0.2, -0.15) is 0 Å². The molecule has 0 bridgehead atoms. The van der Waals surface area contributed by atoms with Gasteiger partial charge in [-0.25, -0.2) is 0 Å². The smallest absolute Gasteiger partial charge is 0.191 e. The van der Waals surface area contributed by atoms with Crippen LogP contribution in [-0.2, 0) is 0 Å². The maximum absolute atomic E-state index is 4.24. The van der Waals surface area contributed by atoms with E-state index in [1.807, 2.05) is 7.05 Å². The van der Waals surface area contributed by atoms with E-state index in [4.69, 9.17) is 0 Å². The van der Waals surface area contributed by atoms with Crippen molar-refractivity contribution in [3.8, 4) is 0 Å². The topological polar surface area (TPSA) is 36.4 Å². The molecule has 0 aromatic rings. The number of hydrogen-bond donors (Lipinski definition) is 2. The zero-order valence-corrected chi connectivity index (χ0v) is 14.2. The summed E-state index contributed by atoms with van der Waals surface area (Å²) in [6, 6.07) is 0.666. The predicted octanol–water partition coefficient (Wildman–Crippen LogP) is 3.00. The largest absolute Gasteiger partial charge is 0.356 e. The highest BCUT2D eigenvalue weighted by atomic mass is 127. The number of nitrogens with one attached hydrogen (secondary N) is 2. The highest BCUT2D eigenvalue weighted by Gasteiger charge is 2.24. The van der Waals surface area contributed by atoms with Crippen molar-refractivity contribution in [2.24, 2.45) is 16.3 Å². The van der Waals surface area contributed by atoms with Gasteiger partial charge in [-0.3, -0.25) is 4.99 Å². The van der Waals surface area contributed by atoms with Gasteiger partial charge in [0.25, 0.3) is 0 Å². The molecule has 0 atom stereocenters. The molecule has 0 unspecified atom stereocenters. The average molecular weight is 353 g/mol. The van der Waals surface area contributed by atoms with Crippen LogP contribution in [0.2, 0.25) is 0 Å². The van der Waals surface area contributed by atoms with Crippen LogP contribution in [-0.4, -0.2) is 25.6 Å². The molecular weight excluding hydrogens is 325 g/mol. The summed E-state index contributed by atoms with van der Waals surface area (Å²) < 4.78 is 0. The number of nitrogens with zero attached hydrogens (tertiary/aromatic N) is 1. The maximum Gasteiger partial charge on any atom is 0.191 e. The monoisotopic (exact) mass is 353 g/mol. The maximum atomic E-state index is 4.24. The molecule has 2 N–H and O–H groups in total. The van der Waals surface area contributed by atoms with Crippen LogP contribution in [0.15, 0.2) is 4.99 Å². The SMILES string of the molecule is CN=C(NCC(C)(C)CC(C)C)NC1CC1.I. The van der Waals surface area contributed by atoms with Crippen LogP contribution >= 0.6 is 24.0 Å². The molecule has 1 rings (SSSR count). The van der Waals surface area contributed by atoms with E-state index in [2.05, 4.69) is 43.3 Å². The van der Waals surface area contributed by atoms with Crippen molar-refractivity contribution in [2.75, 3.05) is 13.6 Å². The van der Waals surface area contributed by atoms with Crippen molar-refractivity contribution in [3.63, 3.8) is 0 Å². The Balaban J connectivity index is 0.00000256. The molecule has 0 aromatic carbocycles. The molecule has 102 valence electrons. The first-order valence-corrected chi connectivity index (χ1v) is 6.40. The summed E-state index contributed by atoms with van der Waals surface area (Å²) in [4.78, 5) is 4.24. The summed E-state index contributed by atoms with van der Waals surface area (Å²) in [6.45, 7) is 10.2. The van der Waals surface area contributed by atoms with Gasteiger partial charge in [0, 0.05) is 19.6 Å². The molecule has 0 aliphatic heterocycles. The van der Waals surface area contributed by atoms with Crippen molar-refractivity contribution in [1.82, 2.24) is 10.6 Å². The van der Waals surface area contributed by atoms with Gasteiger partial charge in [0.2, 0.25) is 0 Å². The average Bonchev–Trinajstić information content (AvgIpc) is 2.93. The Hall–Kier alpha value is 0. The van der Waals surface area contributed by atoms with Crippen molar-refractivity contribution in [1.29, 1.82) is 0 Å².